The number of rotatable bonds is 28. The molecule has 1 N–H and O–H groups in total. The lowest BCUT2D eigenvalue weighted by molar-refractivity contribution is -0.124. The van der Waals surface area contributed by atoms with Crippen LogP contribution in [0.1, 0.15) is 129 Å². The summed E-state index contributed by atoms with van der Waals surface area (Å²) in [6.45, 7) is 25.1. The third kappa shape index (κ3) is 26.6. The summed E-state index contributed by atoms with van der Waals surface area (Å²) in [6.07, 6.45) is 23.8. The summed E-state index contributed by atoms with van der Waals surface area (Å²) >= 11 is 0. The summed E-state index contributed by atoms with van der Waals surface area (Å²) in [5.41, 5.74) is 0. The molecule has 0 heterocycles. The van der Waals surface area contributed by atoms with Crippen molar-refractivity contribution in [2.24, 2.45) is 5.92 Å². The summed E-state index contributed by atoms with van der Waals surface area (Å²) in [6, 6.07) is 0.916. The van der Waals surface area contributed by atoms with Gasteiger partial charge in [0.1, 0.15) is 0 Å². The maximum atomic E-state index is 12.7. The highest BCUT2D eigenvalue weighted by atomic mass is 28.5. The maximum Gasteiger partial charge on any atom is 0.315 e. The third-order valence-corrected chi connectivity index (χ3v) is 21.1. The molecule has 0 aromatic heterocycles. The molecule has 5 nitrogen and oxygen atoms in total. The Morgan fingerprint density at radius 2 is 0.976 bits per heavy atom. The Morgan fingerprint density at radius 3 is 1.38 bits per heavy atom. The van der Waals surface area contributed by atoms with Crippen molar-refractivity contribution in [3.05, 3.63) is 0 Å². The highest BCUT2D eigenvalue weighted by molar-refractivity contribution is 6.89. The van der Waals surface area contributed by atoms with Crippen LogP contribution in [0.15, 0.2) is 0 Å². The molecular formula is C33H75NO4Si4. The molecule has 0 aliphatic rings. The first-order valence-electron chi connectivity index (χ1n) is 17.9. The van der Waals surface area contributed by atoms with Gasteiger partial charge in [-0.1, -0.05) is 117 Å². The SMILES string of the molecule is CCCCCCCCCCCCCCCCCCNC(=O)C(C)CCC[Si](C)(O[Si](C)(C)C)O[Si](C)(C)O[Si](C)(C)C. The molecule has 9 heteroatoms. The number of carbonyl (C=O) groups is 1. The largest absolute Gasteiger partial charge is 0.437 e. The van der Waals surface area contributed by atoms with Crippen molar-refractivity contribution < 1.29 is 17.1 Å². The van der Waals surface area contributed by atoms with Gasteiger partial charge in [0, 0.05) is 12.5 Å². The van der Waals surface area contributed by atoms with E-state index in [4.69, 9.17) is 12.3 Å². The highest BCUT2D eigenvalue weighted by Gasteiger charge is 2.44. The van der Waals surface area contributed by atoms with E-state index in [9.17, 15) is 4.79 Å². The molecule has 0 aromatic rings. The fourth-order valence-corrected chi connectivity index (χ4v) is 24.0. The number of hydrogen-bond acceptors (Lipinski definition) is 4. The van der Waals surface area contributed by atoms with Gasteiger partial charge >= 0.3 is 17.1 Å². The van der Waals surface area contributed by atoms with E-state index in [-0.39, 0.29) is 11.8 Å². The Labute approximate surface area is 268 Å². The standard InChI is InChI=1S/C33H75NO4Si4/c1-12-13-14-15-16-17-18-19-20-21-22-23-24-25-26-27-30-34-33(35)32(2)29-28-31-42(11,37-40(6,7)8)38-41(9,10)36-39(3,4)5/h32H,12-31H2,1-11H3,(H,34,35). The number of amides is 1. The molecule has 2 atom stereocenters. The van der Waals surface area contributed by atoms with Crippen molar-refractivity contribution in [1.29, 1.82) is 0 Å². The fraction of sp³-hybridized carbons (Fsp3) is 0.970. The first-order valence-corrected chi connectivity index (χ1v) is 30.0. The molecule has 0 spiro atoms. The van der Waals surface area contributed by atoms with Crippen LogP contribution in [0.25, 0.3) is 0 Å². The van der Waals surface area contributed by atoms with Gasteiger partial charge in [0.05, 0.1) is 0 Å². The van der Waals surface area contributed by atoms with Crippen LogP contribution < -0.4 is 5.32 Å². The zero-order chi connectivity index (χ0) is 32.1. The molecule has 0 fully saturated rings. The second kappa shape index (κ2) is 22.7. The molecular weight excluding hydrogens is 587 g/mol. The van der Waals surface area contributed by atoms with Crippen LogP contribution in [0.5, 0.6) is 0 Å². The van der Waals surface area contributed by atoms with Gasteiger partial charge in [0.15, 0.2) is 16.6 Å². The van der Waals surface area contributed by atoms with E-state index in [0.29, 0.717) is 0 Å². The van der Waals surface area contributed by atoms with Crippen LogP contribution in [0, 0.1) is 5.92 Å². The minimum absolute atomic E-state index is 0.0275. The van der Waals surface area contributed by atoms with Gasteiger partial charge in [-0.05, 0) is 77.8 Å². The molecule has 0 aromatic carbocycles. The Balaban J connectivity index is 4.05. The molecule has 0 rings (SSSR count). The van der Waals surface area contributed by atoms with E-state index in [2.05, 4.69) is 78.1 Å². The van der Waals surface area contributed by atoms with Gasteiger partial charge in [-0.2, -0.15) is 0 Å². The third-order valence-electron chi connectivity index (χ3n) is 7.58. The van der Waals surface area contributed by atoms with Crippen LogP contribution >= 0.6 is 0 Å². The first kappa shape index (κ1) is 42.2. The molecule has 0 bridgehead atoms. The maximum absolute atomic E-state index is 12.7. The van der Waals surface area contributed by atoms with Crippen LogP contribution in [0.3, 0.4) is 0 Å². The van der Waals surface area contributed by atoms with Crippen LogP contribution in [-0.2, 0) is 17.1 Å². The van der Waals surface area contributed by atoms with Crippen molar-refractivity contribution >= 4 is 39.7 Å². The summed E-state index contributed by atoms with van der Waals surface area (Å²) < 4.78 is 20.0. The van der Waals surface area contributed by atoms with Gasteiger partial charge in [0.25, 0.3) is 0 Å². The fourth-order valence-electron chi connectivity index (χ4n) is 5.97. The highest BCUT2D eigenvalue weighted by Crippen LogP contribution is 2.29. The molecule has 1 amide bonds. The zero-order valence-electron chi connectivity index (χ0n) is 30.4. The lowest BCUT2D eigenvalue weighted by Crippen LogP contribution is -2.56. The Hall–Kier alpha value is 0.218. The minimum atomic E-state index is -2.40. The normalized spacial score (nSPS) is 15.0. The molecule has 2 unspecified atom stereocenters. The van der Waals surface area contributed by atoms with Gasteiger partial charge in [-0.3, -0.25) is 4.79 Å². The van der Waals surface area contributed by atoms with Gasteiger partial charge in [-0.15, -0.1) is 0 Å². The smallest absolute Gasteiger partial charge is 0.315 e. The van der Waals surface area contributed by atoms with Gasteiger partial charge < -0.3 is 17.7 Å². The van der Waals surface area contributed by atoms with Crippen molar-refractivity contribution in [2.75, 3.05) is 6.54 Å². The molecule has 0 saturated heterocycles. The van der Waals surface area contributed by atoms with E-state index in [1.54, 1.807) is 0 Å². The number of carbonyl (C=O) groups excluding carboxylic acids is 1. The number of hydrogen-bond donors (Lipinski definition) is 1. The van der Waals surface area contributed by atoms with E-state index in [0.717, 1.165) is 31.9 Å². The minimum Gasteiger partial charge on any atom is -0.437 e. The average molecular weight is 662 g/mol. The Kier molecular flexibility index (Phi) is 22.8. The van der Waals surface area contributed by atoms with Crippen LogP contribution in [0.2, 0.25) is 65.0 Å². The van der Waals surface area contributed by atoms with Crippen molar-refractivity contribution in [2.45, 2.75) is 194 Å². The molecule has 0 saturated carbocycles. The summed E-state index contributed by atoms with van der Waals surface area (Å²) in [7, 11) is -8.14. The van der Waals surface area contributed by atoms with Gasteiger partial charge in [0.2, 0.25) is 5.91 Å². The van der Waals surface area contributed by atoms with Crippen molar-refractivity contribution in [1.82, 2.24) is 5.32 Å². The van der Waals surface area contributed by atoms with Crippen LogP contribution in [0.4, 0.5) is 0 Å². The average Bonchev–Trinajstić information content (AvgIpc) is 2.82. The predicted octanol–water partition coefficient (Wildman–Crippen LogP) is 11.3. The molecule has 252 valence electrons. The van der Waals surface area contributed by atoms with Crippen molar-refractivity contribution in [3.8, 4) is 0 Å². The Morgan fingerprint density at radius 1 is 0.571 bits per heavy atom. The van der Waals surface area contributed by atoms with Crippen molar-refractivity contribution in [3.63, 3.8) is 0 Å². The molecule has 0 radical (unpaired) electrons. The Bertz CT molecular complexity index is 682. The summed E-state index contributed by atoms with van der Waals surface area (Å²) in [5.74, 6) is 0.225. The van der Waals surface area contributed by atoms with E-state index in [1.807, 2.05) is 0 Å². The van der Waals surface area contributed by atoms with E-state index >= 15 is 0 Å². The lowest BCUT2D eigenvalue weighted by atomic mass is 10.0. The summed E-state index contributed by atoms with van der Waals surface area (Å²) in [5, 5.41) is 3.19. The first-order chi connectivity index (χ1) is 19.5. The van der Waals surface area contributed by atoms with E-state index in [1.165, 1.54) is 96.3 Å². The molecule has 0 aliphatic carbocycles. The second-order valence-electron chi connectivity index (χ2n) is 15.5. The molecule has 0 aliphatic heterocycles. The van der Waals surface area contributed by atoms with Crippen LogP contribution in [-0.4, -0.2) is 46.2 Å². The quantitative estimate of drug-likeness (QED) is 0.0669. The lowest BCUT2D eigenvalue weighted by Gasteiger charge is -2.41. The zero-order valence-corrected chi connectivity index (χ0v) is 34.4. The van der Waals surface area contributed by atoms with Gasteiger partial charge in [-0.25, -0.2) is 0 Å². The predicted molar refractivity (Wildman–Crippen MR) is 195 cm³/mol. The molecule has 42 heavy (non-hydrogen) atoms. The topological polar surface area (TPSA) is 56.8 Å². The van der Waals surface area contributed by atoms with E-state index < -0.39 is 33.8 Å². The monoisotopic (exact) mass is 661 g/mol. The second-order valence-corrected chi connectivity index (χ2v) is 31.9. The number of nitrogens with one attached hydrogen (secondary N) is 1. The summed E-state index contributed by atoms with van der Waals surface area (Å²) in [4.78, 5) is 12.7. The number of unbranched alkanes of at least 4 members (excludes halogenated alkanes) is 15.